The third-order valence-electron chi connectivity index (χ3n) is 7.78. The van der Waals surface area contributed by atoms with Gasteiger partial charge in [-0.25, -0.2) is 0 Å². The van der Waals surface area contributed by atoms with Crippen LogP contribution in [0.1, 0.15) is 95.9 Å². The number of carboxylic acids is 1. The number of hydrogen-bond donors (Lipinski definition) is 4. The number of carboxylic acid groups (broad SMARTS) is 1. The predicted octanol–water partition coefficient (Wildman–Crippen LogP) is 6.89. The molecule has 2 heterocycles. The molecule has 17 heteroatoms. The fraction of sp³-hybridized carbons (Fsp3) is 0.500. The third kappa shape index (κ3) is 21.5. The zero-order valence-corrected chi connectivity index (χ0v) is 33.6. The van der Waals surface area contributed by atoms with Gasteiger partial charge in [0, 0.05) is 53.4 Å². The topological polar surface area (TPSA) is 223 Å². The molecule has 0 radical (unpaired) electrons. The second kappa shape index (κ2) is 27.8. The van der Waals surface area contributed by atoms with Crippen LogP contribution >= 0.6 is 44.3 Å². The van der Waals surface area contributed by atoms with Gasteiger partial charge in [-0.1, -0.05) is 94.7 Å². The van der Waals surface area contributed by atoms with Crippen LogP contribution in [0.4, 0.5) is 0 Å². The second-order valence-electron chi connectivity index (χ2n) is 12.4. The molecule has 0 saturated heterocycles. The molecule has 0 fully saturated rings. The average Bonchev–Trinajstić information content (AvgIpc) is 3.83. The van der Waals surface area contributed by atoms with E-state index in [2.05, 4.69) is 87.0 Å². The van der Waals surface area contributed by atoms with Gasteiger partial charge in [0.15, 0.2) is 11.6 Å². The van der Waals surface area contributed by atoms with E-state index in [1.807, 2.05) is 55.5 Å². The molecule has 2 unspecified atom stereocenters. The number of aliphatic carboxylic acids is 1. The molecular weight excluding hydrogens is 834 g/mol. The quantitative estimate of drug-likeness (QED) is 0.0756. The number of tetrazole rings is 2. The number of benzene rings is 2. The number of carbonyl (C=O) groups excluding carboxylic acids is 3. The van der Waals surface area contributed by atoms with Gasteiger partial charge in [-0.2, -0.15) is 10.4 Å². The normalized spacial score (nSPS) is 11.4. The Hall–Kier alpha value is -3.73. The van der Waals surface area contributed by atoms with Gasteiger partial charge < -0.3 is 10.8 Å². The van der Waals surface area contributed by atoms with Gasteiger partial charge in [-0.15, -0.1) is 32.8 Å². The van der Waals surface area contributed by atoms with E-state index < -0.39 is 11.9 Å². The van der Waals surface area contributed by atoms with Crippen LogP contribution < -0.4 is 5.73 Å². The molecule has 0 amide bonds. The molecule has 292 valence electrons. The van der Waals surface area contributed by atoms with Crippen LogP contribution in [0.15, 0.2) is 57.5 Å². The Labute approximate surface area is 334 Å². The summed E-state index contributed by atoms with van der Waals surface area (Å²) in [5, 5.41) is 35.2. The number of rotatable bonds is 19. The Morgan fingerprint density at radius 1 is 0.755 bits per heavy atom. The van der Waals surface area contributed by atoms with Crippen molar-refractivity contribution >= 4 is 67.6 Å². The van der Waals surface area contributed by atoms with Gasteiger partial charge in [0.1, 0.15) is 17.3 Å². The van der Waals surface area contributed by atoms with Crippen LogP contribution in [-0.4, -0.2) is 69.7 Å². The summed E-state index contributed by atoms with van der Waals surface area (Å²) >= 11 is 6.73. The minimum atomic E-state index is -0.811. The molecule has 14 nitrogen and oxygen atoms in total. The number of aromatic nitrogens is 8. The molecule has 0 bridgehead atoms. The van der Waals surface area contributed by atoms with Crippen molar-refractivity contribution in [3.05, 3.63) is 80.3 Å². The van der Waals surface area contributed by atoms with E-state index >= 15 is 0 Å². The van der Waals surface area contributed by atoms with Crippen molar-refractivity contribution in [1.29, 1.82) is 0 Å². The summed E-state index contributed by atoms with van der Waals surface area (Å²) in [7, 11) is 0. The molecule has 5 N–H and O–H groups in total. The Morgan fingerprint density at radius 2 is 1.21 bits per heavy atom. The highest BCUT2D eigenvalue weighted by Crippen LogP contribution is 2.22. The smallest absolute Gasteiger partial charge is 0.306 e. The van der Waals surface area contributed by atoms with Gasteiger partial charge in [0.2, 0.25) is 0 Å². The van der Waals surface area contributed by atoms with Crippen molar-refractivity contribution in [3.8, 4) is 0 Å². The van der Waals surface area contributed by atoms with Crippen molar-refractivity contribution in [3.63, 3.8) is 0 Å². The van der Waals surface area contributed by atoms with E-state index in [9.17, 15) is 19.2 Å². The zero-order chi connectivity index (χ0) is 37.6. The number of aromatic amines is 2. The second-order valence-corrected chi connectivity index (χ2v) is 14.2. The molecule has 2 atom stereocenters. The average molecular weight is 886 g/mol. The number of H-pyrrole nitrogens is 2. The molecule has 0 aliphatic carbocycles. The maximum Gasteiger partial charge on any atom is 0.306 e. The molecule has 2 aromatic heterocycles. The summed E-state index contributed by atoms with van der Waals surface area (Å²) in [6.07, 6.45) is 4.84. The molecule has 0 spiro atoms. The third-order valence-corrected chi connectivity index (χ3v) is 8.84. The van der Waals surface area contributed by atoms with E-state index in [4.69, 9.17) is 10.8 Å². The molecule has 0 aliphatic heterocycles. The van der Waals surface area contributed by atoms with Gasteiger partial charge in [-0.3, -0.25) is 19.2 Å². The summed E-state index contributed by atoms with van der Waals surface area (Å²) in [6, 6.07) is 15.4. The monoisotopic (exact) mass is 883 g/mol. The molecular formula is C36H52Br2ClN9O5. The van der Waals surface area contributed by atoms with E-state index in [1.54, 1.807) is 0 Å². The van der Waals surface area contributed by atoms with E-state index in [1.165, 1.54) is 0 Å². The highest BCUT2D eigenvalue weighted by molar-refractivity contribution is 9.10. The lowest BCUT2D eigenvalue weighted by Crippen LogP contribution is -2.19. The van der Waals surface area contributed by atoms with Crippen molar-refractivity contribution in [2.24, 2.45) is 23.5 Å². The minimum Gasteiger partial charge on any atom is -0.481 e. The number of nitrogens with one attached hydrogen (secondary N) is 2. The van der Waals surface area contributed by atoms with Crippen LogP contribution in [-0.2, 0) is 45.0 Å². The molecule has 4 rings (SSSR count). The Balaban J connectivity index is 0.000000867. The fourth-order valence-electron chi connectivity index (χ4n) is 4.99. The summed E-state index contributed by atoms with van der Waals surface area (Å²) in [5.74, 6) is 0.649. The first kappa shape index (κ1) is 49.3. The number of hydrogen-bond acceptors (Lipinski definition) is 11. The van der Waals surface area contributed by atoms with Crippen LogP contribution in [0.2, 0.25) is 0 Å². The summed E-state index contributed by atoms with van der Waals surface area (Å²) in [5.41, 5.74) is 7.08. The summed E-state index contributed by atoms with van der Waals surface area (Å²) in [6.45, 7) is 6.38. The molecule has 53 heavy (non-hydrogen) atoms. The zero-order valence-electron chi connectivity index (χ0n) is 29.6. The molecule has 0 saturated carbocycles. The number of halogens is 3. The number of carbonyl (C=O) groups is 4. The molecule has 4 aromatic rings. The number of ketones is 3. The SMILES string of the molecule is C.CC(C)CC(CCC(=O)Cc1ccc(Br)cc1)C(=O)CCc1nn[nH]n1.CCC(CCC(=O)Cc1ccc(Br)cc1)C(=O)O.Cl.NCc1nn[nH]n1. The van der Waals surface area contributed by atoms with Crippen LogP contribution in [0.5, 0.6) is 0 Å². The summed E-state index contributed by atoms with van der Waals surface area (Å²) in [4.78, 5) is 47.4. The van der Waals surface area contributed by atoms with Gasteiger partial charge in [-0.05, 0) is 67.0 Å². The number of Topliss-reactive ketones (excluding diaryl/α,β-unsaturated/α-hetero) is 3. The first-order valence-electron chi connectivity index (χ1n) is 16.8. The lowest BCUT2D eigenvalue weighted by molar-refractivity contribution is -0.142. The molecule has 0 aliphatic rings. The van der Waals surface area contributed by atoms with E-state index in [-0.39, 0.29) is 43.1 Å². The van der Waals surface area contributed by atoms with Crippen molar-refractivity contribution in [1.82, 2.24) is 41.2 Å². The first-order valence-corrected chi connectivity index (χ1v) is 18.4. The van der Waals surface area contributed by atoms with Crippen LogP contribution in [0.3, 0.4) is 0 Å². The fourth-order valence-corrected chi connectivity index (χ4v) is 5.51. The predicted molar refractivity (Wildman–Crippen MR) is 212 cm³/mol. The Bertz CT molecular complexity index is 1590. The van der Waals surface area contributed by atoms with Crippen molar-refractivity contribution < 1.29 is 24.3 Å². The summed E-state index contributed by atoms with van der Waals surface area (Å²) < 4.78 is 1.98. The number of nitrogens with zero attached hydrogens (tertiary/aromatic N) is 6. The van der Waals surface area contributed by atoms with E-state index in [0.29, 0.717) is 81.9 Å². The first-order chi connectivity index (χ1) is 24.4. The lowest BCUT2D eigenvalue weighted by atomic mass is 9.86. The Morgan fingerprint density at radius 3 is 1.57 bits per heavy atom. The maximum atomic E-state index is 12.6. The lowest BCUT2D eigenvalue weighted by Gasteiger charge is -2.17. The molecule has 2 aromatic carbocycles. The van der Waals surface area contributed by atoms with Gasteiger partial charge in [0.05, 0.1) is 12.5 Å². The standard InChI is InChI=1S/C19H25BrN4O2.C14H17BrO3.C2H5N5.CH4.ClH/c1-13(2)11-15(18(26)9-10-19-21-23-24-22-19)5-8-17(25)12-14-3-6-16(20)7-4-14;1-2-11(14(17)18)5-8-13(16)9-10-3-6-12(15)7-4-10;3-1-2-4-6-7-5-2;;/h3-4,6-7,13,15H,5,8-12H2,1-2H3,(H,21,22,23,24);3-4,6-7,11H,2,5,8-9H2,1H3,(H,17,18);1,3H2,(H,4,5,6,7);1H4;1H. The minimum absolute atomic E-state index is 0. The van der Waals surface area contributed by atoms with Crippen molar-refractivity contribution in [2.45, 2.75) is 99.0 Å². The maximum absolute atomic E-state index is 12.6. The number of nitrogens with two attached hydrogens (primary N) is 1. The highest BCUT2D eigenvalue weighted by atomic mass is 79.9. The number of aryl methyl sites for hydroxylation is 1. The largest absolute Gasteiger partial charge is 0.481 e. The van der Waals surface area contributed by atoms with Crippen LogP contribution in [0, 0.1) is 17.8 Å². The van der Waals surface area contributed by atoms with Crippen LogP contribution in [0.25, 0.3) is 0 Å². The van der Waals surface area contributed by atoms with E-state index in [0.717, 1.165) is 26.5 Å². The van der Waals surface area contributed by atoms with Gasteiger partial charge in [0.25, 0.3) is 0 Å². The highest BCUT2D eigenvalue weighted by Gasteiger charge is 2.21. The Kier molecular flexibility index (Phi) is 25.9. The van der Waals surface area contributed by atoms with Gasteiger partial charge >= 0.3 is 5.97 Å². The van der Waals surface area contributed by atoms with Crippen molar-refractivity contribution in [2.75, 3.05) is 0 Å².